The zero-order chi connectivity index (χ0) is 13.8. The highest BCUT2D eigenvalue weighted by Crippen LogP contribution is 2.30. The minimum absolute atomic E-state index is 0.0189. The lowest BCUT2D eigenvalue weighted by Gasteiger charge is -2.13. The molecule has 4 heteroatoms. The van der Waals surface area contributed by atoms with Crippen LogP contribution in [0.3, 0.4) is 0 Å². The Morgan fingerprint density at radius 2 is 1.79 bits per heavy atom. The van der Waals surface area contributed by atoms with Gasteiger partial charge in [0.15, 0.2) is 0 Å². The van der Waals surface area contributed by atoms with Gasteiger partial charge in [-0.2, -0.15) is 0 Å². The van der Waals surface area contributed by atoms with Gasteiger partial charge >= 0.3 is 0 Å². The zero-order valence-corrected chi connectivity index (χ0v) is 11.7. The van der Waals surface area contributed by atoms with Gasteiger partial charge in [-0.05, 0) is 30.2 Å². The molecule has 1 atom stereocenters. The normalized spacial score (nSPS) is 12.1. The average molecular weight is 321 g/mol. The van der Waals surface area contributed by atoms with Gasteiger partial charge in [0.2, 0.25) is 0 Å². The summed E-state index contributed by atoms with van der Waals surface area (Å²) < 4.78 is 0.978. The average Bonchev–Trinajstić information content (AvgIpc) is 2.39. The molecular weight excluding hydrogens is 308 g/mol. The molecule has 1 unspecified atom stereocenters. The fourth-order valence-corrected chi connectivity index (χ4v) is 2.22. The third-order valence-electron chi connectivity index (χ3n) is 2.95. The number of aromatic hydroxyl groups is 2. The van der Waals surface area contributed by atoms with Gasteiger partial charge in [-0.3, -0.25) is 0 Å². The monoisotopic (exact) mass is 320 g/mol. The fraction of sp³-hybridized carbons (Fsp3) is 0.133. The molecule has 0 fully saturated rings. The lowest BCUT2D eigenvalue weighted by Crippen LogP contribution is -2.04. The van der Waals surface area contributed by atoms with Gasteiger partial charge < -0.3 is 15.0 Å². The van der Waals surface area contributed by atoms with Crippen molar-refractivity contribution >= 4 is 22.2 Å². The molecule has 0 spiro atoms. The zero-order valence-electron chi connectivity index (χ0n) is 10.1. The van der Waals surface area contributed by atoms with Crippen molar-refractivity contribution in [1.29, 1.82) is 0 Å². The Labute approximate surface area is 119 Å². The Bertz CT molecular complexity index is 578. The highest BCUT2D eigenvalue weighted by molar-refractivity contribution is 9.10. The van der Waals surface area contributed by atoms with Crippen molar-refractivity contribution in [3.63, 3.8) is 0 Å². The van der Waals surface area contributed by atoms with Crippen LogP contribution in [0.4, 0.5) is 0 Å². The molecule has 3 nitrogen and oxygen atoms in total. The Morgan fingerprint density at radius 1 is 1.11 bits per heavy atom. The maximum absolute atomic E-state index is 11.2. The highest BCUT2D eigenvalue weighted by Gasteiger charge is 2.15. The summed E-state index contributed by atoms with van der Waals surface area (Å²) in [6, 6.07) is 12.0. The van der Waals surface area contributed by atoms with E-state index in [0.717, 1.165) is 16.3 Å². The van der Waals surface area contributed by atoms with E-state index >= 15 is 0 Å². The summed E-state index contributed by atoms with van der Waals surface area (Å²) in [6.07, 6.45) is 1.32. The molecule has 2 aromatic rings. The Kier molecular flexibility index (Phi) is 4.22. The van der Waals surface area contributed by atoms with Gasteiger partial charge in [-0.15, -0.1) is 0 Å². The van der Waals surface area contributed by atoms with Crippen LogP contribution < -0.4 is 0 Å². The van der Waals surface area contributed by atoms with Gasteiger partial charge in [0.05, 0.1) is 0 Å². The molecule has 0 saturated carbocycles. The number of carbonyl (C=O) groups is 1. The van der Waals surface area contributed by atoms with Crippen LogP contribution >= 0.6 is 15.9 Å². The first-order chi connectivity index (χ1) is 9.10. The van der Waals surface area contributed by atoms with E-state index in [1.54, 1.807) is 6.07 Å². The minimum atomic E-state index is -0.429. The first-order valence-electron chi connectivity index (χ1n) is 5.82. The van der Waals surface area contributed by atoms with E-state index in [-0.39, 0.29) is 11.5 Å². The molecule has 0 amide bonds. The van der Waals surface area contributed by atoms with Gasteiger partial charge in [-0.25, -0.2) is 0 Å². The topological polar surface area (TPSA) is 57.5 Å². The number of halogens is 1. The molecule has 0 saturated heterocycles. The number of carbonyl (C=O) groups excluding carboxylic acids is 1. The summed E-state index contributed by atoms with van der Waals surface area (Å²) in [4.78, 5) is 11.2. The SMILES string of the molecule is O=CC(Cc1ccc(Br)cc1)c1ccc(O)cc1O. The van der Waals surface area contributed by atoms with Crippen LogP contribution in [-0.4, -0.2) is 16.5 Å². The second-order valence-corrected chi connectivity index (χ2v) is 5.23. The first kappa shape index (κ1) is 13.6. The van der Waals surface area contributed by atoms with Crippen molar-refractivity contribution in [2.75, 3.05) is 0 Å². The summed E-state index contributed by atoms with van der Waals surface area (Å²) >= 11 is 3.36. The summed E-state index contributed by atoms with van der Waals surface area (Å²) in [5.41, 5.74) is 1.53. The van der Waals surface area contributed by atoms with Crippen molar-refractivity contribution in [1.82, 2.24) is 0 Å². The molecule has 0 aliphatic heterocycles. The van der Waals surface area contributed by atoms with Crippen LogP contribution in [0.1, 0.15) is 17.0 Å². The van der Waals surface area contributed by atoms with Gasteiger partial charge in [0, 0.05) is 22.0 Å². The number of phenols is 2. The third kappa shape index (κ3) is 3.35. The fourth-order valence-electron chi connectivity index (χ4n) is 1.95. The molecule has 0 aliphatic carbocycles. The van der Waals surface area contributed by atoms with Crippen molar-refractivity contribution in [2.24, 2.45) is 0 Å². The number of aldehydes is 1. The Hall–Kier alpha value is -1.81. The first-order valence-corrected chi connectivity index (χ1v) is 6.61. The van der Waals surface area contributed by atoms with Crippen molar-refractivity contribution < 1.29 is 15.0 Å². The summed E-state index contributed by atoms with van der Waals surface area (Å²) in [5, 5.41) is 19.0. The highest BCUT2D eigenvalue weighted by atomic mass is 79.9. The number of phenolic OH excluding ortho intramolecular Hbond substituents is 2. The van der Waals surface area contributed by atoms with E-state index < -0.39 is 5.92 Å². The standard InChI is InChI=1S/C15H13BrO3/c16-12-3-1-10(2-4-12)7-11(9-17)14-6-5-13(18)8-15(14)19/h1-6,8-9,11,18-19H,7H2. The van der Waals surface area contributed by atoms with E-state index in [1.807, 2.05) is 24.3 Å². The summed E-state index contributed by atoms with van der Waals surface area (Å²) in [6.45, 7) is 0. The van der Waals surface area contributed by atoms with Gasteiger partial charge in [-0.1, -0.05) is 34.1 Å². The molecule has 2 rings (SSSR count). The lowest BCUT2D eigenvalue weighted by atomic mass is 9.92. The summed E-state index contributed by atoms with van der Waals surface area (Å²) in [5.74, 6) is -0.509. The van der Waals surface area contributed by atoms with Crippen LogP contribution in [0.5, 0.6) is 11.5 Å². The second-order valence-electron chi connectivity index (χ2n) is 4.32. The van der Waals surface area contributed by atoms with Crippen LogP contribution in [0.15, 0.2) is 46.9 Å². The quantitative estimate of drug-likeness (QED) is 0.849. The number of hydrogen-bond donors (Lipinski definition) is 2. The molecule has 2 aromatic carbocycles. The molecule has 0 bridgehead atoms. The molecule has 0 heterocycles. The van der Waals surface area contributed by atoms with Crippen LogP contribution in [0, 0.1) is 0 Å². The van der Waals surface area contributed by atoms with Gasteiger partial charge in [0.25, 0.3) is 0 Å². The smallest absolute Gasteiger partial charge is 0.127 e. The maximum Gasteiger partial charge on any atom is 0.127 e. The molecule has 0 aromatic heterocycles. The summed E-state index contributed by atoms with van der Waals surface area (Å²) in [7, 11) is 0. The molecular formula is C15H13BrO3. The van der Waals surface area contributed by atoms with E-state index in [0.29, 0.717) is 12.0 Å². The molecule has 98 valence electrons. The third-order valence-corrected chi connectivity index (χ3v) is 3.48. The predicted molar refractivity (Wildman–Crippen MR) is 76.4 cm³/mol. The Balaban J connectivity index is 2.25. The van der Waals surface area contributed by atoms with Crippen LogP contribution in [0.25, 0.3) is 0 Å². The molecule has 0 aliphatic rings. The number of benzene rings is 2. The van der Waals surface area contributed by atoms with Crippen molar-refractivity contribution in [2.45, 2.75) is 12.3 Å². The maximum atomic E-state index is 11.2. The van der Waals surface area contributed by atoms with E-state index in [9.17, 15) is 15.0 Å². The largest absolute Gasteiger partial charge is 0.508 e. The van der Waals surface area contributed by atoms with E-state index in [1.165, 1.54) is 12.1 Å². The van der Waals surface area contributed by atoms with E-state index in [4.69, 9.17) is 0 Å². The molecule has 2 N–H and O–H groups in total. The minimum Gasteiger partial charge on any atom is -0.508 e. The predicted octanol–water partition coefficient (Wildman–Crippen LogP) is 3.39. The molecule has 19 heavy (non-hydrogen) atoms. The van der Waals surface area contributed by atoms with Crippen LogP contribution in [0.2, 0.25) is 0 Å². The van der Waals surface area contributed by atoms with Crippen LogP contribution in [-0.2, 0) is 11.2 Å². The van der Waals surface area contributed by atoms with Crippen molar-refractivity contribution in [3.8, 4) is 11.5 Å². The number of hydrogen-bond acceptors (Lipinski definition) is 3. The van der Waals surface area contributed by atoms with E-state index in [2.05, 4.69) is 15.9 Å². The lowest BCUT2D eigenvalue weighted by molar-refractivity contribution is -0.109. The van der Waals surface area contributed by atoms with Gasteiger partial charge in [0.1, 0.15) is 17.8 Å². The molecule has 0 radical (unpaired) electrons. The second kappa shape index (κ2) is 5.89. The Morgan fingerprint density at radius 3 is 2.37 bits per heavy atom. The van der Waals surface area contributed by atoms with Crippen molar-refractivity contribution in [3.05, 3.63) is 58.1 Å². The number of rotatable bonds is 4.